The number of rotatable bonds is 2. The number of hydrogen-bond donors (Lipinski definition) is 2. The SMILES string of the molecule is O=C(O)C1=C[C@@H](c2cc(F)ccc2F)n2ncnc2N1. The molecule has 0 bridgehead atoms. The van der Waals surface area contributed by atoms with Crippen molar-refractivity contribution in [1.82, 2.24) is 14.8 Å². The third kappa shape index (κ3) is 1.91. The molecule has 1 aromatic heterocycles. The van der Waals surface area contributed by atoms with Crippen LogP contribution in [0, 0.1) is 11.6 Å². The minimum absolute atomic E-state index is 0.0167. The van der Waals surface area contributed by atoms with Gasteiger partial charge in [0.25, 0.3) is 0 Å². The first-order chi connectivity index (χ1) is 9.56. The van der Waals surface area contributed by atoms with Crippen LogP contribution < -0.4 is 5.32 Å². The minimum Gasteiger partial charge on any atom is -0.477 e. The Morgan fingerprint density at radius 1 is 1.40 bits per heavy atom. The molecule has 0 radical (unpaired) electrons. The van der Waals surface area contributed by atoms with Crippen molar-refractivity contribution < 1.29 is 18.7 Å². The molecule has 2 N–H and O–H groups in total. The lowest BCUT2D eigenvalue weighted by Crippen LogP contribution is -2.25. The summed E-state index contributed by atoms with van der Waals surface area (Å²) >= 11 is 0. The fourth-order valence-corrected chi connectivity index (χ4v) is 2.02. The fraction of sp³-hybridized carbons (Fsp3) is 0.0833. The molecule has 8 heteroatoms. The van der Waals surface area contributed by atoms with Crippen LogP contribution in [0.5, 0.6) is 0 Å². The first-order valence-corrected chi connectivity index (χ1v) is 5.63. The number of carboxylic acids is 1. The van der Waals surface area contributed by atoms with Crippen molar-refractivity contribution in [2.45, 2.75) is 6.04 Å². The Hall–Kier alpha value is -2.77. The van der Waals surface area contributed by atoms with E-state index in [0.717, 1.165) is 18.2 Å². The highest BCUT2D eigenvalue weighted by Crippen LogP contribution is 2.30. The summed E-state index contributed by atoms with van der Waals surface area (Å²) in [6.07, 6.45) is 2.45. The number of halogens is 2. The molecule has 2 aromatic rings. The van der Waals surface area contributed by atoms with E-state index in [1.165, 1.54) is 17.1 Å². The standard InChI is InChI=1S/C12H8F2N4O2/c13-6-1-2-8(14)7(3-6)10-4-9(11(19)20)17-12-15-5-16-18(10)12/h1-5,10H,(H,19,20)(H,15,16,17)/t10-/m0/s1. The number of nitrogens with zero attached hydrogens (tertiary/aromatic N) is 3. The summed E-state index contributed by atoms with van der Waals surface area (Å²) in [5, 5.41) is 15.5. The Bertz CT molecular complexity index is 726. The molecule has 102 valence electrons. The monoisotopic (exact) mass is 278 g/mol. The summed E-state index contributed by atoms with van der Waals surface area (Å²) in [7, 11) is 0. The second-order valence-electron chi connectivity index (χ2n) is 4.15. The van der Waals surface area contributed by atoms with Gasteiger partial charge in [-0.1, -0.05) is 0 Å². The van der Waals surface area contributed by atoms with Gasteiger partial charge in [-0.3, -0.25) is 0 Å². The molecule has 0 saturated heterocycles. The van der Waals surface area contributed by atoms with Crippen molar-refractivity contribution in [2.24, 2.45) is 0 Å². The normalized spacial score (nSPS) is 17.1. The Balaban J connectivity index is 2.17. The molecule has 1 aliphatic rings. The highest BCUT2D eigenvalue weighted by Gasteiger charge is 2.27. The lowest BCUT2D eigenvalue weighted by atomic mass is 10.0. The van der Waals surface area contributed by atoms with Gasteiger partial charge in [-0.2, -0.15) is 10.1 Å². The quantitative estimate of drug-likeness (QED) is 0.871. The maximum atomic E-state index is 13.9. The number of aromatic nitrogens is 3. The smallest absolute Gasteiger partial charge is 0.352 e. The molecule has 1 aromatic carbocycles. The van der Waals surface area contributed by atoms with Gasteiger partial charge in [0.2, 0.25) is 5.95 Å². The number of benzene rings is 1. The summed E-state index contributed by atoms with van der Waals surface area (Å²) in [5.74, 6) is -2.34. The Morgan fingerprint density at radius 2 is 2.20 bits per heavy atom. The van der Waals surface area contributed by atoms with Crippen LogP contribution in [-0.4, -0.2) is 25.8 Å². The minimum atomic E-state index is -1.22. The molecule has 20 heavy (non-hydrogen) atoms. The summed E-state index contributed by atoms with van der Waals surface area (Å²) in [4.78, 5) is 14.9. The Kier molecular flexibility index (Phi) is 2.70. The molecule has 0 saturated carbocycles. The van der Waals surface area contributed by atoms with Gasteiger partial charge in [0.15, 0.2) is 0 Å². The average molecular weight is 278 g/mol. The van der Waals surface area contributed by atoms with Gasteiger partial charge in [-0.05, 0) is 24.3 Å². The van der Waals surface area contributed by atoms with Crippen molar-refractivity contribution in [2.75, 3.05) is 5.32 Å². The molecule has 0 spiro atoms. The van der Waals surface area contributed by atoms with Gasteiger partial charge in [0.05, 0.1) is 0 Å². The molecular formula is C12H8F2N4O2. The summed E-state index contributed by atoms with van der Waals surface area (Å²) in [5.41, 5.74) is -0.184. The lowest BCUT2D eigenvalue weighted by molar-refractivity contribution is -0.132. The molecule has 6 nitrogen and oxygen atoms in total. The van der Waals surface area contributed by atoms with Gasteiger partial charge in [-0.15, -0.1) is 0 Å². The molecule has 1 atom stereocenters. The van der Waals surface area contributed by atoms with Crippen LogP contribution in [0.15, 0.2) is 36.3 Å². The number of anilines is 1. The van der Waals surface area contributed by atoms with Gasteiger partial charge in [0, 0.05) is 5.56 Å². The molecule has 2 heterocycles. The van der Waals surface area contributed by atoms with E-state index in [9.17, 15) is 13.6 Å². The van der Waals surface area contributed by atoms with Gasteiger partial charge in [-0.25, -0.2) is 18.3 Å². The van der Waals surface area contributed by atoms with Crippen molar-refractivity contribution in [1.29, 1.82) is 0 Å². The summed E-state index contributed by atoms with van der Waals surface area (Å²) < 4.78 is 28.4. The van der Waals surface area contributed by atoms with E-state index in [1.54, 1.807) is 0 Å². The van der Waals surface area contributed by atoms with Crippen molar-refractivity contribution >= 4 is 11.9 Å². The van der Waals surface area contributed by atoms with E-state index >= 15 is 0 Å². The third-order valence-electron chi connectivity index (χ3n) is 2.91. The van der Waals surface area contributed by atoms with E-state index in [1.807, 2.05) is 0 Å². The van der Waals surface area contributed by atoms with Crippen LogP contribution in [-0.2, 0) is 4.79 Å². The predicted octanol–water partition coefficient (Wildman–Crippen LogP) is 1.54. The third-order valence-corrected chi connectivity index (χ3v) is 2.91. The highest BCUT2D eigenvalue weighted by atomic mass is 19.1. The van der Waals surface area contributed by atoms with E-state index in [-0.39, 0.29) is 17.2 Å². The van der Waals surface area contributed by atoms with E-state index in [4.69, 9.17) is 5.11 Å². The molecule has 3 rings (SSSR count). The molecule has 0 amide bonds. The van der Waals surface area contributed by atoms with Crippen molar-refractivity contribution in [3.8, 4) is 0 Å². The molecule has 0 aliphatic carbocycles. The second kappa shape index (κ2) is 4.41. The lowest BCUT2D eigenvalue weighted by Gasteiger charge is -2.22. The maximum absolute atomic E-state index is 13.9. The number of hydrogen-bond acceptors (Lipinski definition) is 4. The van der Waals surface area contributed by atoms with Gasteiger partial charge in [0.1, 0.15) is 29.7 Å². The predicted molar refractivity (Wildman–Crippen MR) is 63.9 cm³/mol. The zero-order valence-corrected chi connectivity index (χ0v) is 9.92. The van der Waals surface area contributed by atoms with E-state index in [2.05, 4.69) is 15.4 Å². The highest BCUT2D eigenvalue weighted by molar-refractivity contribution is 5.90. The van der Waals surface area contributed by atoms with Gasteiger partial charge < -0.3 is 10.4 Å². The number of aliphatic carboxylic acids is 1. The number of fused-ring (bicyclic) bond motifs is 1. The zero-order chi connectivity index (χ0) is 14.3. The van der Waals surface area contributed by atoms with Crippen LogP contribution in [0.25, 0.3) is 0 Å². The van der Waals surface area contributed by atoms with Crippen LogP contribution >= 0.6 is 0 Å². The van der Waals surface area contributed by atoms with Crippen LogP contribution in [0.2, 0.25) is 0 Å². The largest absolute Gasteiger partial charge is 0.477 e. The topological polar surface area (TPSA) is 80.0 Å². The fourth-order valence-electron chi connectivity index (χ4n) is 2.02. The van der Waals surface area contributed by atoms with Crippen LogP contribution in [0.1, 0.15) is 11.6 Å². The van der Waals surface area contributed by atoms with Gasteiger partial charge >= 0.3 is 5.97 Å². The number of allylic oxidation sites excluding steroid dienone is 1. The first kappa shape index (κ1) is 12.3. The molecule has 0 fully saturated rings. The number of nitrogens with one attached hydrogen (secondary N) is 1. The molecule has 0 unspecified atom stereocenters. The zero-order valence-electron chi connectivity index (χ0n) is 9.92. The van der Waals surface area contributed by atoms with E-state index < -0.39 is 23.6 Å². The summed E-state index contributed by atoms with van der Waals surface area (Å²) in [6, 6.07) is 2.10. The van der Waals surface area contributed by atoms with Crippen molar-refractivity contribution in [3.63, 3.8) is 0 Å². The first-order valence-electron chi connectivity index (χ1n) is 5.63. The Morgan fingerprint density at radius 3 is 2.95 bits per heavy atom. The summed E-state index contributed by atoms with van der Waals surface area (Å²) in [6.45, 7) is 0. The number of carboxylic acid groups (broad SMARTS) is 1. The van der Waals surface area contributed by atoms with Crippen LogP contribution in [0.3, 0.4) is 0 Å². The Labute approximate surface area is 111 Å². The second-order valence-corrected chi connectivity index (χ2v) is 4.15. The average Bonchev–Trinajstić information content (AvgIpc) is 2.88. The van der Waals surface area contributed by atoms with Crippen molar-refractivity contribution in [3.05, 3.63) is 53.5 Å². The number of carbonyl (C=O) groups is 1. The van der Waals surface area contributed by atoms with Crippen LogP contribution in [0.4, 0.5) is 14.7 Å². The molecular weight excluding hydrogens is 270 g/mol. The molecule has 1 aliphatic heterocycles. The van der Waals surface area contributed by atoms with E-state index in [0.29, 0.717) is 0 Å². The maximum Gasteiger partial charge on any atom is 0.352 e.